The van der Waals surface area contributed by atoms with E-state index in [1.54, 1.807) is 11.3 Å². The Balaban J connectivity index is 1.53. The molecule has 4 rings (SSSR count). The standard InChI is InChI=1S/C15H18N6OS/c1-20-5-4-17-15(20)12-8-16-3-6-21(12)9-13-18-14(19-22-13)11-2-7-23-10-11/h2,4-5,7,10,12,16H,3,6,8-9H2,1H3. The summed E-state index contributed by atoms with van der Waals surface area (Å²) >= 11 is 1.63. The molecule has 8 heteroatoms. The Morgan fingerprint density at radius 3 is 3.22 bits per heavy atom. The summed E-state index contributed by atoms with van der Waals surface area (Å²) in [7, 11) is 2.02. The van der Waals surface area contributed by atoms with Crippen LogP contribution in [0.2, 0.25) is 0 Å². The van der Waals surface area contributed by atoms with E-state index in [2.05, 4.69) is 29.9 Å². The second-order valence-corrected chi connectivity index (χ2v) is 6.39. The number of imidazole rings is 1. The highest BCUT2D eigenvalue weighted by atomic mass is 32.1. The lowest BCUT2D eigenvalue weighted by atomic mass is 10.1. The molecular formula is C15H18N6OS. The Hall–Kier alpha value is -2.03. The molecule has 1 saturated heterocycles. The van der Waals surface area contributed by atoms with Crippen LogP contribution in [0, 0.1) is 0 Å². The van der Waals surface area contributed by atoms with Crippen molar-refractivity contribution in [1.82, 2.24) is 29.9 Å². The predicted octanol–water partition coefficient (Wildman–Crippen LogP) is 1.68. The zero-order valence-corrected chi connectivity index (χ0v) is 13.7. The highest BCUT2D eigenvalue weighted by molar-refractivity contribution is 7.08. The Morgan fingerprint density at radius 1 is 1.48 bits per heavy atom. The molecule has 1 fully saturated rings. The quantitative estimate of drug-likeness (QED) is 0.785. The van der Waals surface area contributed by atoms with Crippen molar-refractivity contribution in [3.05, 3.63) is 40.9 Å². The lowest BCUT2D eigenvalue weighted by Crippen LogP contribution is -2.46. The molecule has 120 valence electrons. The van der Waals surface area contributed by atoms with Crippen LogP contribution >= 0.6 is 11.3 Å². The minimum Gasteiger partial charge on any atom is -0.338 e. The highest BCUT2D eigenvalue weighted by Crippen LogP contribution is 2.24. The topological polar surface area (TPSA) is 72.0 Å². The van der Waals surface area contributed by atoms with Gasteiger partial charge >= 0.3 is 0 Å². The molecule has 4 heterocycles. The third-order valence-corrected chi connectivity index (χ3v) is 4.78. The number of hydrogen-bond donors (Lipinski definition) is 1. The first-order valence-electron chi connectivity index (χ1n) is 7.58. The molecule has 1 unspecified atom stereocenters. The molecule has 0 saturated carbocycles. The fourth-order valence-corrected chi connectivity index (χ4v) is 3.52. The summed E-state index contributed by atoms with van der Waals surface area (Å²) in [5, 5.41) is 11.6. The minimum absolute atomic E-state index is 0.209. The van der Waals surface area contributed by atoms with Crippen molar-refractivity contribution in [3.8, 4) is 11.4 Å². The highest BCUT2D eigenvalue weighted by Gasteiger charge is 2.28. The SMILES string of the molecule is Cn1ccnc1C1CNCCN1Cc1nc(-c2ccsc2)no1. The average molecular weight is 330 g/mol. The van der Waals surface area contributed by atoms with Gasteiger partial charge < -0.3 is 14.4 Å². The normalized spacial score (nSPS) is 19.3. The van der Waals surface area contributed by atoms with Crippen LogP contribution in [0.1, 0.15) is 17.8 Å². The van der Waals surface area contributed by atoms with Crippen molar-refractivity contribution in [1.29, 1.82) is 0 Å². The third-order valence-electron chi connectivity index (χ3n) is 4.10. The fraction of sp³-hybridized carbons (Fsp3) is 0.400. The largest absolute Gasteiger partial charge is 0.338 e. The van der Waals surface area contributed by atoms with E-state index in [9.17, 15) is 0 Å². The number of piperazine rings is 1. The van der Waals surface area contributed by atoms with E-state index < -0.39 is 0 Å². The van der Waals surface area contributed by atoms with Crippen molar-refractivity contribution < 1.29 is 4.52 Å². The Kier molecular flexibility index (Phi) is 3.94. The van der Waals surface area contributed by atoms with Crippen molar-refractivity contribution >= 4 is 11.3 Å². The molecular weight excluding hydrogens is 312 g/mol. The Morgan fingerprint density at radius 2 is 2.43 bits per heavy atom. The van der Waals surface area contributed by atoms with Gasteiger partial charge in [-0.3, -0.25) is 4.90 Å². The maximum atomic E-state index is 5.44. The zero-order chi connectivity index (χ0) is 15.6. The number of hydrogen-bond acceptors (Lipinski definition) is 7. The second-order valence-electron chi connectivity index (χ2n) is 5.61. The number of aryl methyl sites for hydroxylation is 1. The fourth-order valence-electron chi connectivity index (χ4n) is 2.89. The van der Waals surface area contributed by atoms with E-state index in [4.69, 9.17) is 4.52 Å². The van der Waals surface area contributed by atoms with E-state index >= 15 is 0 Å². The molecule has 0 aromatic carbocycles. The molecule has 1 aliphatic rings. The molecule has 1 N–H and O–H groups in total. The van der Waals surface area contributed by atoms with Gasteiger partial charge in [0, 0.05) is 50.0 Å². The molecule has 1 atom stereocenters. The number of rotatable bonds is 4. The van der Waals surface area contributed by atoms with Crippen molar-refractivity contribution in [2.45, 2.75) is 12.6 Å². The van der Waals surface area contributed by atoms with Gasteiger partial charge in [0.1, 0.15) is 5.82 Å². The Bertz CT molecular complexity index is 765. The summed E-state index contributed by atoms with van der Waals surface area (Å²) in [4.78, 5) is 11.4. The van der Waals surface area contributed by atoms with Crippen LogP contribution < -0.4 is 5.32 Å². The van der Waals surface area contributed by atoms with E-state index in [-0.39, 0.29) is 6.04 Å². The molecule has 0 amide bonds. The molecule has 0 aliphatic carbocycles. The first-order valence-corrected chi connectivity index (χ1v) is 8.52. The van der Waals surface area contributed by atoms with Crippen LogP contribution in [0.5, 0.6) is 0 Å². The zero-order valence-electron chi connectivity index (χ0n) is 12.8. The molecule has 7 nitrogen and oxygen atoms in total. The number of aromatic nitrogens is 4. The third kappa shape index (κ3) is 2.92. The number of nitrogens with zero attached hydrogens (tertiary/aromatic N) is 5. The minimum atomic E-state index is 0.209. The smallest absolute Gasteiger partial charge is 0.241 e. The summed E-state index contributed by atoms with van der Waals surface area (Å²) in [5.74, 6) is 2.35. The molecule has 1 aliphatic heterocycles. The molecule has 0 radical (unpaired) electrons. The van der Waals surface area contributed by atoms with Gasteiger partial charge in [-0.15, -0.1) is 0 Å². The van der Waals surface area contributed by atoms with Crippen LogP contribution in [0.3, 0.4) is 0 Å². The molecule has 3 aromatic rings. The summed E-state index contributed by atoms with van der Waals surface area (Å²) in [6.07, 6.45) is 3.81. The van der Waals surface area contributed by atoms with Crippen LogP contribution in [0.4, 0.5) is 0 Å². The van der Waals surface area contributed by atoms with Crippen molar-refractivity contribution in [2.24, 2.45) is 7.05 Å². The van der Waals surface area contributed by atoms with Gasteiger partial charge in [-0.2, -0.15) is 16.3 Å². The first-order chi connectivity index (χ1) is 11.3. The van der Waals surface area contributed by atoms with Crippen molar-refractivity contribution in [3.63, 3.8) is 0 Å². The summed E-state index contributed by atoms with van der Waals surface area (Å²) in [6, 6.07) is 2.21. The summed E-state index contributed by atoms with van der Waals surface area (Å²) in [5.41, 5.74) is 1.01. The lowest BCUT2D eigenvalue weighted by Gasteiger charge is -2.34. The maximum absolute atomic E-state index is 5.44. The summed E-state index contributed by atoms with van der Waals surface area (Å²) in [6.45, 7) is 3.38. The molecule has 3 aromatic heterocycles. The lowest BCUT2D eigenvalue weighted by molar-refractivity contribution is 0.128. The van der Waals surface area contributed by atoms with Gasteiger partial charge in [0.2, 0.25) is 11.7 Å². The van der Waals surface area contributed by atoms with Gasteiger partial charge in [-0.05, 0) is 11.4 Å². The van der Waals surface area contributed by atoms with E-state index in [0.29, 0.717) is 18.3 Å². The maximum Gasteiger partial charge on any atom is 0.241 e. The van der Waals surface area contributed by atoms with Crippen LogP contribution in [0.25, 0.3) is 11.4 Å². The number of nitrogens with one attached hydrogen (secondary N) is 1. The summed E-state index contributed by atoms with van der Waals surface area (Å²) < 4.78 is 7.51. The molecule has 0 spiro atoms. The number of thiophene rings is 1. The van der Waals surface area contributed by atoms with E-state index in [1.165, 1.54) is 0 Å². The van der Waals surface area contributed by atoms with Gasteiger partial charge in [-0.1, -0.05) is 5.16 Å². The van der Waals surface area contributed by atoms with Crippen molar-refractivity contribution in [2.75, 3.05) is 19.6 Å². The average Bonchev–Trinajstić information content (AvgIpc) is 3.29. The van der Waals surface area contributed by atoms with Crippen LogP contribution in [0.15, 0.2) is 33.7 Å². The van der Waals surface area contributed by atoms with Gasteiger partial charge in [-0.25, -0.2) is 4.98 Å². The van der Waals surface area contributed by atoms with Gasteiger partial charge in [0.25, 0.3) is 0 Å². The molecule has 0 bridgehead atoms. The second kappa shape index (κ2) is 6.23. The Labute approximate surface area is 138 Å². The van der Waals surface area contributed by atoms with Crippen LogP contribution in [-0.4, -0.2) is 44.2 Å². The van der Waals surface area contributed by atoms with Crippen LogP contribution in [-0.2, 0) is 13.6 Å². The predicted molar refractivity (Wildman–Crippen MR) is 86.8 cm³/mol. The van der Waals surface area contributed by atoms with E-state index in [0.717, 1.165) is 31.0 Å². The first kappa shape index (κ1) is 14.6. The van der Waals surface area contributed by atoms with Gasteiger partial charge in [0.05, 0.1) is 12.6 Å². The van der Waals surface area contributed by atoms with Gasteiger partial charge in [0.15, 0.2) is 0 Å². The molecule has 23 heavy (non-hydrogen) atoms. The van der Waals surface area contributed by atoms with E-state index in [1.807, 2.05) is 36.3 Å². The monoisotopic (exact) mass is 330 g/mol.